The Morgan fingerprint density at radius 2 is 0.531 bits per heavy atom. The molecule has 0 aromatic carbocycles. The number of aliphatic carboxylic acids is 2. The van der Waals surface area contributed by atoms with Gasteiger partial charge >= 0.3 is 118 Å². The fourth-order valence-corrected chi connectivity index (χ4v) is 8.07. The molecule has 20 heteroatoms. The standard InChI is InChI=1S/2C22H43NO6S.4Na/c2*1-2-3-4-5-6-7-8-9-10-11-12-13-14-15-16-17-18-23-21(24)19-20(22(25)26)30(27,28)29;;;;/h2*20H,2-19H2,1H3,(H,23,24)(H,25,26)(H,27,28,29);;;;/q;;4*+1/p-4. The predicted octanol–water partition coefficient (Wildman–Crippen LogP) is -5.15. The summed E-state index contributed by atoms with van der Waals surface area (Å²) in [4.78, 5) is 44.4. The molecular weight excluding hydrogens is 905 g/mol. The summed E-state index contributed by atoms with van der Waals surface area (Å²) in [6.45, 7) is 5.18. The number of carbonyl (C=O) groups is 4. The van der Waals surface area contributed by atoms with Crippen LogP contribution in [0.15, 0.2) is 0 Å². The first-order valence-electron chi connectivity index (χ1n) is 23.4. The summed E-state index contributed by atoms with van der Waals surface area (Å²) in [5.41, 5.74) is 0. The van der Waals surface area contributed by atoms with Gasteiger partial charge in [0.2, 0.25) is 11.8 Å². The summed E-state index contributed by atoms with van der Waals surface area (Å²) in [5, 5.41) is 21.5. The van der Waals surface area contributed by atoms with Crippen LogP contribution in [0.2, 0.25) is 0 Å². The van der Waals surface area contributed by atoms with Gasteiger partial charge in [-0.25, -0.2) is 16.8 Å². The molecule has 0 aliphatic rings. The normalized spacial score (nSPS) is 11.8. The molecule has 2 atom stereocenters. The van der Waals surface area contributed by atoms with Crippen molar-refractivity contribution < 1.29 is 174 Å². The zero-order chi connectivity index (χ0) is 45.3. The van der Waals surface area contributed by atoms with Crippen LogP contribution in [0.4, 0.5) is 0 Å². The molecule has 14 nitrogen and oxygen atoms in total. The molecule has 2 amide bonds. The zero-order valence-corrected chi connectivity index (χ0v) is 51.0. The maximum Gasteiger partial charge on any atom is 1.00 e. The molecule has 0 aromatic heterocycles. The average molecular weight is 987 g/mol. The third kappa shape index (κ3) is 54.6. The average Bonchev–Trinajstić information content (AvgIpc) is 3.17. The number of amides is 2. The van der Waals surface area contributed by atoms with Gasteiger partial charge in [-0.3, -0.25) is 9.59 Å². The maximum atomic E-state index is 11.6. The van der Waals surface area contributed by atoms with Gasteiger partial charge in [0.1, 0.15) is 20.2 Å². The van der Waals surface area contributed by atoms with Crippen LogP contribution in [-0.4, -0.2) is 73.3 Å². The van der Waals surface area contributed by atoms with Crippen LogP contribution in [0.1, 0.15) is 232 Å². The first-order chi connectivity index (χ1) is 28.6. The maximum absolute atomic E-state index is 11.6. The fourth-order valence-electron chi connectivity index (χ4n) is 6.89. The predicted molar refractivity (Wildman–Crippen MR) is 231 cm³/mol. The third-order valence-corrected chi connectivity index (χ3v) is 12.8. The summed E-state index contributed by atoms with van der Waals surface area (Å²) in [6.07, 6.45) is 38.1. The SMILES string of the molecule is CCCCCCCCCCCCCCCCCCNC(=O)CC(C(=O)[O-])S(=O)(=O)[O-].CCCCCCCCCCCCCCCCCCNC(=O)CC(C(=O)[O-])S(=O)(=O)[O-].[Na+].[Na+].[Na+].[Na+]. The van der Waals surface area contributed by atoms with Crippen molar-refractivity contribution in [3.63, 3.8) is 0 Å². The molecule has 0 heterocycles. The van der Waals surface area contributed by atoms with Crippen LogP contribution in [-0.2, 0) is 39.4 Å². The molecule has 356 valence electrons. The summed E-state index contributed by atoms with van der Waals surface area (Å²) in [6, 6.07) is 0. The van der Waals surface area contributed by atoms with Gasteiger partial charge in [-0.05, 0) is 12.8 Å². The number of carboxylic acids is 2. The Bertz CT molecular complexity index is 1220. The summed E-state index contributed by atoms with van der Waals surface area (Å²) in [7, 11) is -10.2. The smallest absolute Gasteiger partial charge is 0.747 e. The minimum atomic E-state index is -5.09. The van der Waals surface area contributed by atoms with E-state index >= 15 is 0 Å². The van der Waals surface area contributed by atoms with Crippen molar-refractivity contribution in [1.29, 1.82) is 0 Å². The Labute approximate surface area is 478 Å². The van der Waals surface area contributed by atoms with Gasteiger partial charge in [-0.15, -0.1) is 0 Å². The van der Waals surface area contributed by atoms with Crippen LogP contribution >= 0.6 is 0 Å². The molecule has 64 heavy (non-hydrogen) atoms. The van der Waals surface area contributed by atoms with Gasteiger partial charge in [0.15, 0.2) is 0 Å². The van der Waals surface area contributed by atoms with Gasteiger partial charge in [0, 0.05) is 25.9 Å². The first-order valence-corrected chi connectivity index (χ1v) is 26.4. The van der Waals surface area contributed by atoms with Crippen molar-refractivity contribution in [1.82, 2.24) is 10.6 Å². The fraction of sp³-hybridized carbons (Fsp3) is 0.909. The molecule has 0 bridgehead atoms. The molecule has 2 N–H and O–H groups in total. The van der Waals surface area contributed by atoms with E-state index in [0.29, 0.717) is 13.1 Å². The van der Waals surface area contributed by atoms with E-state index in [2.05, 4.69) is 24.5 Å². The van der Waals surface area contributed by atoms with Crippen molar-refractivity contribution in [2.24, 2.45) is 0 Å². The largest absolute Gasteiger partial charge is 1.00 e. The molecular formula is C44H82N2Na4O12S2. The van der Waals surface area contributed by atoms with E-state index in [0.717, 1.165) is 51.4 Å². The Morgan fingerprint density at radius 1 is 0.359 bits per heavy atom. The van der Waals surface area contributed by atoms with Crippen molar-refractivity contribution in [3.05, 3.63) is 0 Å². The molecule has 0 saturated carbocycles. The molecule has 0 aromatic rings. The quantitative estimate of drug-likeness (QED) is 0.0331. The number of nitrogens with one attached hydrogen (secondary N) is 2. The summed E-state index contributed by atoms with van der Waals surface area (Å²) in [5.74, 6) is -5.60. The van der Waals surface area contributed by atoms with Gasteiger partial charge in [-0.2, -0.15) is 0 Å². The van der Waals surface area contributed by atoms with E-state index in [-0.39, 0.29) is 118 Å². The topological polar surface area (TPSA) is 253 Å². The van der Waals surface area contributed by atoms with E-state index in [4.69, 9.17) is 0 Å². The number of hydrogen-bond acceptors (Lipinski definition) is 12. The summed E-state index contributed by atoms with van der Waals surface area (Å²) >= 11 is 0. The molecule has 0 saturated heterocycles. The monoisotopic (exact) mass is 986 g/mol. The van der Waals surface area contributed by atoms with Crippen molar-refractivity contribution in [2.45, 2.75) is 243 Å². The minimum absolute atomic E-state index is 0. The van der Waals surface area contributed by atoms with Crippen molar-refractivity contribution in [2.75, 3.05) is 13.1 Å². The molecule has 0 aliphatic carbocycles. The van der Waals surface area contributed by atoms with Crippen LogP contribution in [0.5, 0.6) is 0 Å². The van der Waals surface area contributed by atoms with Crippen molar-refractivity contribution >= 4 is 44.0 Å². The van der Waals surface area contributed by atoms with E-state index in [1.165, 1.54) is 154 Å². The number of carbonyl (C=O) groups excluding carboxylic acids is 4. The van der Waals surface area contributed by atoms with E-state index in [9.17, 15) is 55.3 Å². The second-order valence-corrected chi connectivity index (χ2v) is 19.4. The number of rotatable bonds is 42. The van der Waals surface area contributed by atoms with Crippen LogP contribution in [0.3, 0.4) is 0 Å². The number of hydrogen-bond donors (Lipinski definition) is 2. The molecule has 0 aliphatic heterocycles. The Morgan fingerprint density at radius 3 is 0.688 bits per heavy atom. The van der Waals surface area contributed by atoms with E-state index < -0.39 is 67.3 Å². The molecule has 0 spiro atoms. The molecule has 0 rings (SSSR count). The van der Waals surface area contributed by atoms with Crippen LogP contribution in [0.25, 0.3) is 0 Å². The van der Waals surface area contributed by atoms with Crippen LogP contribution < -0.4 is 139 Å². The van der Waals surface area contributed by atoms with E-state index in [1.807, 2.05) is 0 Å². The van der Waals surface area contributed by atoms with E-state index in [1.54, 1.807) is 0 Å². The summed E-state index contributed by atoms with van der Waals surface area (Å²) < 4.78 is 64.7. The molecule has 2 unspecified atom stereocenters. The van der Waals surface area contributed by atoms with Gasteiger partial charge in [0.05, 0.1) is 22.4 Å². The zero-order valence-electron chi connectivity index (χ0n) is 41.3. The minimum Gasteiger partial charge on any atom is -0.747 e. The Kier molecular flexibility index (Phi) is 65.2. The Hall–Kier alpha value is 1.70. The van der Waals surface area contributed by atoms with Crippen molar-refractivity contribution in [3.8, 4) is 0 Å². The Balaban J connectivity index is -0.000000247. The second kappa shape index (κ2) is 54.0. The third-order valence-electron chi connectivity index (χ3n) is 10.7. The molecule has 0 radical (unpaired) electrons. The van der Waals surface area contributed by atoms with Gasteiger partial charge < -0.3 is 39.5 Å². The number of unbranched alkanes of at least 4 members (excludes halogenated alkanes) is 30. The first kappa shape index (κ1) is 77.2. The van der Waals surface area contributed by atoms with Crippen LogP contribution in [0, 0.1) is 0 Å². The number of carboxylic acid groups (broad SMARTS) is 2. The van der Waals surface area contributed by atoms with Gasteiger partial charge in [-0.1, -0.05) is 206 Å². The molecule has 0 fully saturated rings. The van der Waals surface area contributed by atoms with Gasteiger partial charge in [0.25, 0.3) is 0 Å². The second-order valence-electron chi connectivity index (χ2n) is 16.3.